The third kappa shape index (κ3) is 3.71. The molecule has 1 aliphatic rings. The Bertz CT molecular complexity index is 436. The van der Waals surface area contributed by atoms with Crippen LogP contribution in [0.2, 0.25) is 0 Å². The van der Waals surface area contributed by atoms with Crippen molar-refractivity contribution in [3.8, 4) is 0 Å². The first-order valence-corrected chi connectivity index (χ1v) is 7.11. The lowest BCUT2D eigenvalue weighted by Gasteiger charge is -2.35. The predicted molar refractivity (Wildman–Crippen MR) is 81.6 cm³/mol. The van der Waals surface area contributed by atoms with Crippen LogP contribution in [-0.4, -0.2) is 49.1 Å². The second-order valence-electron chi connectivity index (χ2n) is 5.51. The lowest BCUT2D eigenvalue weighted by Crippen LogP contribution is -2.46. The SMILES string of the molecule is CN(C)C1CCN(C(=O)Nc2ccc(CN)cc2)CC1. The highest BCUT2D eigenvalue weighted by molar-refractivity contribution is 5.89. The Kier molecular flexibility index (Phi) is 4.98. The largest absolute Gasteiger partial charge is 0.326 e. The molecule has 1 aromatic rings. The second-order valence-corrected chi connectivity index (χ2v) is 5.51. The van der Waals surface area contributed by atoms with Crippen molar-refractivity contribution in [2.24, 2.45) is 5.73 Å². The van der Waals surface area contributed by atoms with Gasteiger partial charge in [-0.3, -0.25) is 0 Å². The zero-order chi connectivity index (χ0) is 14.5. The van der Waals surface area contributed by atoms with Gasteiger partial charge in [-0.05, 0) is 44.6 Å². The standard InChI is InChI=1S/C15H24N4O/c1-18(2)14-7-9-19(10-8-14)15(20)17-13-5-3-12(11-16)4-6-13/h3-6,14H,7-11,16H2,1-2H3,(H,17,20). The minimum atomic E-state index is -0.0114. The van der Waals surface area contributed by atoms with Crippen LogP contribution in [0.4, 0.5) is 10.5 Å². The molecule has 0 atom stereocenters. The van der Waals surface area contributed by atoms with E-state index >= 15 is 0 Å². The molecule has 3 N–H and O–H groups in total. The zero-order valence-electron chi connectivity index (χ0n) is 12.3. The van der Waals surface area contributed by atoms with E-state index in [1.54, 1.807) is 0 Å². The molecule has 0 spiro atoms. The molecule has 110 valence electrons. The van der Waals surface area contributed by atoms with Gasteiger partial charge in [0.05, 0.1) is 0 Å². The maximum Gasteiger partial charge on any atom is 0.321 e. The summed E-state index contributed by atoms with van der Waals surface area (Å²) >= 11 is 0. The Labute approximate surface area is 120 Å². The molecule has 0 unspecified atom stereocenters. The van der Waals surface area contributed by atoms with Gasteiger partial charge in [0.2, 0.25) is 0 Å². The number of urea groups is 1. The number of nitrogens with zero attached hydrogens (tertiary/aromatic N) is 2. The Morgan fingerprint density at radius 2 is 1.90 bits per heavy atom. The molecule has 2 amide bonds. The van der Waals surface area contributed by atoms with Crippen LogP contribution >= 0.6 is 0 Å². The first-order chi connectivity index (χ1) is 9.60. The van der Waals surface area contributed by atoms with Gasteiger partial charge < -0.3 is 20.9 Å². The Morgan fingerprint density at radius 3 is 2.40 bits per heavy atom. The zero-order valence-corrected chi connectivity index (χ0v) is 12.3. The maximum absolute atomic E-state index is 12.2. The van der Waals surface area contributed by atoms with Crippen molar-refractivity contribution in [2.75, 3.05) is 32.5 Å². The van der Waals surface area contributed by atoms with E-state index in [9.17, 15) is 4.79 Å². The van der Waals surface area contributed by atoms with E-state index in [2.05, 4.69) is 24.3 Å². The smallest absolute Gasteiger partial charge is 0.321 e. The van der Waals surface area contributed by atoms with Gasteiger partial charge in [-0.1, -0.05) is 12.1 Å². The van der Waals surface area contributed by atoms with Gasteiger partial charge in [-0.2, -0.15) is 0 Å². The molecular weight excluding hydrogens is 252 g/mol. The molecule has 1 fully saturated rings. The van der Waals surface area contributed by atoms with Crippen molar-refractivity contribution in [1.29, 1.82) is 0 Å². The number of hydrogen-bond acceptors (Lipinski definition) is 3. The number of piperidine rings is 1. The van der Waals surface area contributed by atoms with Gasteiger partial charge in [0, 0.05) is 31.4 Å². The quantitative estimate of drug-likeness (QED) is 0.883. The number of amides is 2. The van der Waals surface area contributed by atoms with Crippen molar-refractivity contribution in [3.05, 3.63) is 29.8 Å². The molecule has 0 saturated carbocycles. The van der Waals surface area contributed by atoms with Gasteiger partial charge in [0.15, 0.2) is 0 Å². The molecule has 1 aliphatic heterocycles. The van der Waals surface area contributed by atoms with Crippen LogP contribution in [0.25, 0.3) is 0 Å². The van der Waals surface area contributed by atoms with Crippen molar-refractivity contribution in [1.82, 2.24) is 9.80 Å². The summed E-state index contributed by atoms with van der Waals surface area (Å²) in [6.07, 6.45) is 2.07. The van der Waals surface area contributed by atoms with Crippen LogP contribution < -0.4 is 11.1 Å². The number of anilines is 1. The van der Waals surface area contributed by atoms with E-state index in [1.165, 1.54) is 0 Å². The van der Waals surface area contributed by atoms with E-state index in [1.807, 2.05) is 29.2 Å². The third-order valence-corrected chi connectivity index (χ3v) is 3.92. The highest BCUT2D eigenvalue weighted by Gasteiger charge is 2.23. The monoisotopic (exact) mass is 276 g/mol. The van der Waals surface area contributed by atoms with Crippen LogP contribution in [0, 0.1) is 0 Å². The maximum atomic E-state index is 12.2. The number of likely N-dealkylation sites (tertiary alicyclic amines) is 1. The molecular formula is C15H24N4O. The van der Waals surface area contributed by atoms with E-state index in [0.29, 0.717) is 12.6 Å². The molecule has 1 heterocycles. The lowest BCUT2D eigenvalue weighted by atomic mass is 10.0. The summed E-state index contributed by atoms with van der Waals surface area (Å²) in [4.78, 5) is 16.3. The predicted octanol–water partition coefficient (Wildman–Crippen LogP) is 1.70. The summed E-state index contributed by atoms with van der Waals surface area (Å²) in [6.45, 7) is 2.15. The number of nitrogens with one attached hydrogen (secondary N) is 1. The molecule has 0 aliphatic carbocycles. The fourth-order valence-electron chi connectivity index (χ4n) is 2.51. The fourth-order valence-corrected chi connectivity index (χ4v) is 2.51. The number of carbonyl (C=O) groups is 1. The Balaban J connectivity index is 1.86. The summed E-state index contributed by atoms with van der Waals surface area (Å²) in [7, 11) is 4.19. The van der Waals surface area contributed by atoms with Crippen LogP contribution in [0.15, 0.2) is 24.3 Å². The molecule has 20 heavy (non-hydrogen) atoms. The first kappa shape index (κ1) is 14.8. The molecule has 0 radical (unpaired) electrons. The van der Waals surface area contributed by atoms with Crippen LogP contribution in [0.1, 0.15) is 18.4 Å². The fraction of sp³-hybridized carbons (Fsp3) is 0.533. The van der Waals surface area contributed by atoms with Crippen LogP contribution in [0.3, 0.4) is 0 Å². The molecule has 5 heteroatoms. The average molecular weight is 276 g/mol. The van der Waals surface area contributed by atoms with E-state index in [0.717, 1.165) is 37.2 Å². The number of hydrogen-bond donors (Lipinski definition) is 2. The minimum Gasteiger partial charge on any atom is -0.326 e. The van der Waals surface area contributed by atoms with Gasteiger partial charge in [0.25, 0.3) is 0 Å². The number of rotatable bonds is 3. The van der Waals surface area contributed by atoms with E-state index in [-0.39, 0.29) is 6.03 Å². The summed E-state index contributed by atoms with van der Waals surface area (Å²) in [5.41, 5.74) is 7.44. The molecule has 1 aromatic carbocycles. The van der Waals surface area contributed by atoms with Crippen LogP contribution in [0.5, 0.6) is 0 Å². The number of benzene rings is 1. The first-order valence-electron chi connectivity index (χ1n) is 7.11. The normalized spacial score (nSPS) is 16.5. The molecule has 1 saturated heterocycles. The van der Waals surface area contributed by atoms with E-state index < -0.39 is 0 Å². The highest BCUT2D eigenvalue weighted by Crippen LogP contribution is 2.16. The summed E-state index contributed by atoms with van der Waals surface area (Å²) < 4.78 is 0. The summed E-state index contributed by atoms with van der Waals surface area (Å²) in [5.74, 6) is 0. The van der Waals surface area contributed by atoms with Gasteiger partial charge >= 0.3 is 6.03 Å². The Morgan fingerprint density at radius 1 is 1.30 bits per heavy atom. The Hall–Kier alpha value is -1.59. The van der Waals surface area contributed by atoms with Gasteiger partial charge in [0.1, 0.15) is 0 Å². The number of carbonyl (C=O) groups excluding carboxylic acids is 1. The average Bonchev–Trinajstić information content (AvgIpc) is 2.48. The minimum absolute atomic E-state index is 0.0114. The molecule has 5 nitrogen and oxygen atoms in total. The molecule has 2 rings (SSSR count). The second kappa shape index (κ2) is 6.72. The summed E-state index contributed by atoms with van der Waals surface area (Å²) in [5, 5.41) is 2.94. The topological polar surface area (TPSA) is 61.6 Å². The van der Waals surface area contributed by atoms with Crippen molar-refractivity contribution in [2.45, 2.75) is 25.4 Å². The third-order valence-electron chi connectivity index (χ3n) is 3.92. The van der Waals surface area contributed by atoms with Gasteiger partial charge in [-0.15, -0.1) is 0 Å². The van der Waals surface area contributed by atoms with Crippen LogP contribution in [-0.2, 0) is 6.54 Å². The van der Waals surface area contributed by atoms with Crippen molar-refractivity contribution >= 4 is 11.7 Å². The molecule has 0 aromatic heterocycles. The molecule has 0 bridgehead atoms. The summed E-state index contributed by atoms with van der Waals surface area (Å²) in [6, 6.07) is 8.24. The van der Waals surface area contributed by atoms with Crippen molar-refractivity contribution < 1.29 is 4.79 Å². The van der Waals surface area contributed by atoms with E-state index in [4.69, 9.17) is 5.73 Å². The highest BCUT2D eigenvalue weighted by atomic mass is 16.2. The lowest BCUT2D eigenvalue weighted by molar-refractivity contribution is 0.156. The van der Waals surface area contributed by atoms with Crippen molar-refractivity contribution in [3.63, 3.8) is 0 Å². The van der Waals surface area contributed by atoms with Gasteiger partial charge in [-0.25, -0.2) is 4.79 Å². The number of nitrogens with two attached hydrogens (primary N) is 1.